The summed E-state index contributed by atoms with van der Waals surface area (Å²) in [4.78, 5) is 64.7. The molecule has 1 aromatic rings. The van der Waals surface area contributed by atoms with E-state index in [2.05, 4.69) is 10.6 Å². The van der Waals surface area contributed by atoms with Crippen molar-refractivity contribution in [1.82, 2.24) is 15.5 Å². The monoisotopic (exact) mass is 546 g/mol. The highest BCUT2D eigenvalue weighted by atomic mass is 16.6. The Bertz CT molecular complexity index is 1030. The maximum absolute atomic E-state index is 13.4. The van der Waals surface area contributed by atoms with Gasteiger partial charge in [-0.1, -0.05) is 30.3 Å². The lowest BCUT2D eigenvalue weighted by atomic mass is 10.0. The fourth-order valence-electron chi connectivity index (χ4n) is 4.00. The molecule has 1 heterocycles. The molecule has 2 rings (SSSR count). The van der Waals surface area contributed by atoms with E-state index in [1.807, 2.05) is 30.3 Å². The number of hydrogen-bond acceptors (Lipinski definition) is 7. The third-order valence-corrected chi connectivity index (χ3v) is 5.81. The fraction of sp³-hybridized carbons (Fsp3) is 0.607. The molecule has 1 fully saturated rings. The summed E-state index contributed by atoms with van der Waals surface area (Å²) in [5, 5.41) is 5.44. The fourth-order valence-corrected chi connectivity index (χ4v) is 4.00. The maximum atomic E-state index is 13.4. The van der Waals surface area contributed by atoms with E-state index in [0.29, 0.717) is 13.0 Å². The minimum atomic E-state index is -1.13. The van der Waals surface area contributed by atoms with Crippen LogP contribution < -0.4 is 16.4 Å². The van der Waals surface area contributed by atoms with E-state index < -0.39 is 53.1 Å². The molecule has 216 valence electrons. The van der Waals surface area contributed by atoms with Crippen molar-refractivity contribution in [2.45, 2.75) is 90.5 Å². The summed E-state index contributed by atoms with van der Waals surface area (Å²) in [6.45, 7) is 10.9. The number of amides is 4. The summed E-state index contributed by atoms with van der Waals surface area (Å²) in [5.41, 5.74) is 4.59. The van der Waals surface area contributed by atoms with Gasteiger partial charge in [-0.05, 0) is 59.9 Å². The normalized spacial score (nSPS) is 17.1. The molecular formula is C28H42N4O7. The number of nitrogens with one attached hydrogen (secondary N) is 2. The van der Waals surface area contributed by atoms with Gasteiger partial charge in [0.15, 0.2) is 0 Å². The predicted octanol–water partition coefficient (Wildman–Crippen LogP) is 2.06. The second kappa shape index (κ2) is 13.4. The van der Waals surface area contributed by atoms with Crippen LogP contribution in [0.4, 0.5) is 4.79 Å². The molecule has 0 aliphatic carbocycles. The second-order valence-corrected chi connectivity index (χ2v) is 11.8. The zero-order valence-corrected chi connectivity index (χ0v) is 23.7. The van der Waals surface area contributed by atoms with Gasteiger partial charge in [-0.2, -0.15) is 0 Å². The van der Waals surface area contributed by atoms with Crippen molar-refractivity contribution in [2.24, 2.45) is 11.7 Å². The first kappa shape index (κ1) is 31.6. The average molecular weight is 547 g/mol. The highest BCUT2D eigenvalue weighted by molar-refractivity contribution is 5.92. The number of carbonyl (C=O) groups is 5. The molecule has 39 heavy (non-hydrogen) atoms. The van der Waals surface area contributed by atoms with Crippen molar-refractivity contribution < 1.29 is 33.4 Å². The molecule has 1 aromatic carbocycles. The van der Waals surface area contributed by atoms with E-state index in [4.69, 9.17) is 15.2 Å². The summed E-state index contributed by atoms with van der Waals surface area (Å²) in [6.07, 6.45) is -0.0920. The predicted molar refractivity (Wildman–Crippen MR) is 144 cm³/mol. The third kappa shape index (κ3) is 11.3. The smallest absolute Gasteiger partial charge is 0.410 e. The van der Waals surface area contributed by atoms with Crippen LogP contribution in [0.25, 0.3) is 0 Å². The minimum Gasteiger partial charge on any atom is -0.458 e. The van der Waals surface area contributed by atoms with Crippen LogP contribution >= 0.6 is 0 Å². The van der Waals surface area contributed by atoms with Gasteiger partial charge >= 0.3 is 12.1 Å². The van der Waals surface area contributed by atoms with E-state index in [-0.39, 0.29) is 31.7 Å². The lowest BCUT2D eigenvalue weighted by Crippen LogP contribution is -2.54. The summed E-state index contributed by atoms with van der Waals surface area (Å²) < 4.78 is 10.8. The van der Waals surface area contributed by atoms with Crippen LogP contribution in [0.15, 0.2) is 30.3 Å². The quantitative estimate of drug-likeness (QED) is 0.379. The lowest BCUT2D eigenvalue weighted by molar-refractivity contribution is -0.159. The number of ether oxygens (including phenoxy) is 2. The maximum Gasteiger partial charge on any atom is 0.410 e. The van der Waals surface area contributed by atoms with Crippen LogP contribution in [-0.2, 0) is 35.1 Å². The minimum absolute atomic E-state index is 0.0462. The van der Waals surface area contributed by atoms with E-state index in [1.165, 1.54) is 4.90 Å². The molecule has 0 unspecified atom stereocenters. The Labute approximate surface area is 230 Å². The van der Waals surface area contributed by atoms with Gasteiger partial charge in [0.1, 0.15) is 23.3 Å². The number of nitrogens with zero attached hydrogens (tertiary/aromatic N) is 1. The molecule has 0 saturated carbocycles. The molecule has 4 N–H and O–H groups in total. The molecule has 0 aromatic heterocycles. The van der Waals surface area contributed by atoms with Crippen LogP contribution in [0.1, 0.15) is 66.4 Å². The van der Waals surface area contributed by atoms with Gasteiger partial charge < -0.3 is 30.7 Å². The Morgan fingerprint density at radius 1 is 0.949 bits per heavy atom. The zero-order chi connectivity index (χ0) is 29.4. The topological polar surface area (TPSA) is 157 Å². The number of rotatable bonds is 10. The van der Waals surface area contributed by atoms with Crippen molar-refractivity contribution in [1.29, 1.82) is 0 Å². The number of esters is 1. The molecule has 3 atom stereocenters. The third-order valence-electron chi connectivity index (χ3n) is 5.81. The average Bonchev–Trinajstić information content (AvgIpc) is 3.30. The molecule has 11 nitrogen and oxygen atoms in total. The van der Waals surface area contributed by atoms with Gasteiger partial charge in [0.25, 0.3) is 0 Å². The second-order valence-electron chi connectivity index (χ2n) is 11.8. The van der Waals surface area contributed by atoms with Gasteiger partial charge in [-0.3, -0.25) is 14.4 Å². The summed E-state index contributed by atoms with van der Waals surface area (Å²) >= 11 is 0. The number of benzene rings is 1. The number of likely N-dealkylation sites (tertiary alicyclic amines) is 1. The van der Waals surface area contributed by atoms with Gasteiger partial charge in [-0.25, -0.2) is 9.59 Å². The van der Waals surface area contributed by atoms with Crippen LogP contribution in [0.5, 0.6) is 0 Å². The molecule has 0 bridgehead atoms. The van der Waals surface area contributed by atoms with Crippen molar-refractivity contribution in [2.75, 3.05) is 13.1 Å². The van der Waals surface area contributed by atoms with Crippen LogP contribution in [0.2, 0.25) is 0 Å². The van der Waals surface area contributed by atoms with Crippen LogP contribution in [0.3, 0.4) is 0 Å². The molecular weight excluding hydrogens is 504 g/mol. The Balaban J connectivity index is 2.17. The van der Waals surface area contributed by atoms with Crippen molar-refractivity contribution in [3.8, 4) is 0 Å². The largest absolute Gasteiger partial charge is 0.458 e. The highest BCUT2D eigenvalue weighted by Crippen LogP contribution is 2.20. The SMILES string of the molecule is CC(C)(C)OC(=O)[C@H](CCC(N)=O)NC(=O)[C@H](Cc1ccccc1)NC(=O)[C@H]1CCN(C(=O)OC(C)(C)C)C1. The molecule has 0 spiro atoms. The van der Waals surface area contributed by atoms with Crippen molar-refractivity contribution in [3.63, 3.8) is 0 Å². The molecule has 11 heteroatoms. The molecule has 1 aliphatic rings. The summed E-state index contributed by atoms with van der Waals surface area (Å²) in [6, 6.07) is 6.97. The summed E-state index contributed by atoms with van der Waals surface area (Å²) in [7, 11) is 0. The first-order valence-corrected chi connectivity index (χ1v) is 13.2. The summed E-state index contributed by atoms with van der Waals surface area (Å²) in [5.74, 6) is -2.84. The number of nitrogens with two attached hydrogens (primary N) is 1. The van der Waals surface area contributed by atoms with E-state index in [9.17, 15) is 24.0 Å². The van der Waals surface area contributed by atoms with Crippen molar-refractivity contribution >= 4 is 29.8 Å². The Hall–Kier alpha value is -3.63. The zero-order valence-electron chi connectivity index (χ0n) is 23.7. The Kier molecular flexibility index (Phi) is 10.9. The van der Waals surface area contributed by atoms with Gasteiger partial charge in [-0.15, -0.1) is 0 Å². The highest BCUT2D eigenvalue weighted by Gasteiger charge is 2.36. The Morgan fingerprint density at radius 3 is 2.13 bits per heavy atom. The van der Waals surface area contributed by atoms with E-state index >= 15 is 0 Å². The number of carbonyl (C=O) groups excluding carboxylic acids is 5. The standard InChI is InChI=1S/C28H42N4O7/c1-27(2,3)38-25(36)20(12-13-22(29)33)30-24(35)21(16-18-10-8-7-9-11-18)31-23(34)19-14-15-32(17-19)26(37)39-28(4,5)6/h7-11,19-21H,12-17H2,1-6H3,(H2,29,33)(H,30,35)(H,31,34)/t19-,20-,21-/m0/s1. The first-order chi connectivity index (χ1) is 18.0. The van der Waals surface area contributed by atoms with Gasteiger partial charge in [0.2, 0.25) is 17.7 Å². The lowest BCUT2D eigenvalue weighted by Gasteiger charge is -2.27. The van der Waals surface area contributed by atoms with Gasteiger partial charge in [0.05, 0.1) is 5.92 Å². The van der Waals surface area contributed by atoms with Gasteiger partial charge in [0, 0.05) is 25.9 Å². The molecule has 1 saturated heterocycles. The Morgan fingerprint density at radius 2 is 1.56 bits per heavy atom. The van der Waals surface area contributed by atoms with Crippen LogP contribution in [0, 0.1) is 5.92 Å². The number of hydrogen-bond donors (Lipinski definition) is 3. The first-order valence-electron chi connectivity index (χ1n) is 13.2. The van der Waals surface area contributed by atoms with Crippen molar-refractivity contribution in [3.05, 3.63) is 35.9 Å². The number of primary amides is 1. The molecule has 0 radical (unpaired) electrons. The molecule has 4 amide bonds. The molecule has 1 aliphatic heterocycles. The van der Waals surface area contributed by atoms with E-state index in [0.717, 1.165) is 5.56 Å². The van der Waals surface area contributed by atoms with E-state index in [1.54, 1.807) is 41.5 Å². The van der Waals surface area contributed by atoms with Crippen LogP contribution in [-0.4, -0.2) is 71.1 Å².